The smallest absolute Gasteiger partial charge is 0.0575 e. The second-order valence-corrected chi connectivity index (χ2v) is 12.1. The van der Waals surface area contributed by atoms with Gasteiger partial charge in [0.15, 0.2) is 0 Å². The number of anilines is 4. The first-order chi connectivity index (χ1) is 21.2. The van der Waals surface area contributed by atoms with Gasteiger partial charge in [-0.1, -0.05) is 101 Å². The maximum atomic E-state index is 6.30. The molecule has 2 heteroatoms. The number of benzene rings is 6. The van der Waals surface area contributed by atoms with Crippen molar-refractivity contribution in [1.82, 2.24) is 0 Å². The van der Waals surface area contributed by atoms with E-state index in [-0.39, 0.29) is 0 Å². The van der Waals surface area contributed by atoms with Crippen LogP contribution in [0, 0.1) is 41.5 Å². The molecule has 0 heterocycles. The summed E-state index contributed by atoms with van der Waals surface area (Å²) in [5.41, 5.74) is 24.9. The number of nitrogens with two attached hydrogens (primary N) is 1. The molecule has 0 unspecified atom stereocenters. The second-order valence-electron chi connectivity index (χ2n) is 12.1. The quantitative estimate of drug-likeness (QED) is 0.201. The Morgan fingerprint density at radius 1 is 0.432 bits per heavy atom. The highest BCUT2D eigenvalue weighted by molar-refractivity contribution is 6.00. The van der Waals surface area contributed by atoms with Crippen LogP contribution in [-0.4, -0.2) is 0 Å². The van der Waals surface area contributed by atoms with Crippen LogP contribution in [-0.2, 0) is 0 Å². The van der Waals surface area contributed by atoms with Crippen LogP contribution in [0.15, 0.2) is 121 Å². The molecule has 0 aliphatic rings. The first kappa shape index (κ1) is 29.0. The number of nitrogens with zero attached hydrogens (tertiary/aromatic N) is 1. The lowest BCUT2D eigenvalue weighted by molar-refractivity contribution is 1.24. The first-order valence-electron chi connectivity index (χ1n) is 15.3. The molecule has 218 valence electrons. The summed E-state index contributed by atoms with van der Waals surface area (Å²) in [7, 11) is 0. The van der Waals surface area contributed by atoms with Crippen molar-refractivity contribution < 1.29 is 0 Å². The van der Waals surface area contributed by atoms with Gasteiger partial charge in [0.1, 0.15) is 0 Å². The molecule has 0 amide bonds. The predicted molar refractivity (Wildman–Crippen MR) is 190 cm³/mol. The number of hydrogen-bond acceptors (Lipinski definition) is 2. The summed E-state index contributed by atoms with van der Waals surface area (Å²) < 4.78 is 0. The van der Waals surface area contributed by atoms with E-state index in [4.69, 9.17) is 5.73 Å². The Labute approximate surface area is 262 Å². The van der Waals surface area contributed by atoms with E-state index in [9.17, 15) is 0 Å². The van der Waals surface area contributed by atoms with Gasteiger partial charge in [0.25, 0.3) is 0 Å². The molecule has 0 aliphatic heterocycles. The summed E-state index contributed by atoms with van der Waals surface area (Å²) in [5.74, 6) is 0. The second kappa shape index (κ2) is 11.9. The zero-order chi connectivity index (χ0) is 31.0. The summed E-state index contributed by atoms with van der Waals surface area (Å²) in [5, 5.41) is 0. The minimum Gasteiger partial charge on any atom is -0.399 e. The topological polar surface area (TPSA) is 29.3 Å². The van der Waals surface area contributed by atoms with E-state index >= 15 is 0 Å². The molecule has 0 bridgehead atoms. The summed E-state index contributed by atoms with van der Waals surface area (Å²) in [6.07, 6.45) is 0. The lowest BCUT2D eigenvalue weighted by Crippen LogP contribution is -2.14. The van der Waals surface area contributed by atoms with Gasteiger partial charge < -0.3 is 10.6 Å². The van der Waals surface area contributed by atoms with E-state index in [1.807, 2.05) is 6.07 Å². The van der Waals surface area contributed by atoms with Crippen molar-refractivity contribution in [2.75, 3.05) is 10.6 Å². The third kappa shape index (κ3) is 5.64. The van der Waals surface area contributed by atoms with E-state index in [0.29, 0.717) is 0 Å². The summed E-state index contributed by atoms with van der Waals surface area (Å²) in [4.78, 5) is 2.43. The van der Waals surface area contributed by atoms with Crippen molar-refractivity contribution in [1.29, 1.82) is 0 Å². The Morgan fingerprint density at radius 2 is 0.864 bits per heavy atom. The Morgan fingerprint density at radius 3 is 1.34 bits per heavy atom. The van der Waals surface area contributed by atoms with Gasteiger partial charge >= 0.3 is 0 Å². The van der Waals surface area contributed by atoms with Crippen molar-refractivity contribution in [2.24, 2.45) is 0 Å². The van der Waals surface area contributed by atoms with Crippen LogP contribution < -0.4 is 10.6 Å². The fourth-order valence-corrected chi connectivity index (χ4v) is 6.01. The molecule has 44 heavy (non-hydrogen) atoms. The largest absolute Gasteiger partial charge is 0.399 e. The van der Waals surface area contributed by atoms with E-state index in [2.05, 4.69) is 162 Å². The SMILES string of the molecule is Cc1ccc(-c2cc(-c3ccc(N)c(C)c3)c(-c3ccc(C)cc3)c(C)c2N(c2ccc(C)cc2)c2ccc(C)cc2)cc1. The Kier molecular flexibility index (Phi) is 7.84. The minimum atomic E-state index is 0.808. The van der Waals surface area contributed by atoms with Gasteiger partial charge in [0.2, 0.25) is 0 Å². The molecule has 0 saturated carbocycles. The predicted octanol–water partition coefficient (Wildman–Crippen LogP) is 11.6. The number of nitrogen functional groups attached to an aromatic ring is 1. The average Bonchev–Trinajstić information content (AvgIpc) is 3.02. The average molecular weight is 573 g/mol. The Balaban J connectivity index is 1.76. The molecule has 0 saturated heterocycles. The lowest BCUT2D eigenvalue weighted by atomic mass is 9.84. The van der Waals surface area contributed by atoms with Gasteiger partial charge in [-0.3, -0.25) is 0 Å². The maximum absolute atomic E-state index is 6.30. The highest BCUT2D eigenvalue weighted by Gasteiger charge is 2.25. The maximum Gasteiger partial charge on any atom is 0.0575 e. The van der Waals surface area contributed by atoms with Crippen LogP contribution in [0.3, 0.4) is 0 Å². The van der Waals surface area contributed by atoms with Gasteiger partial charge in [0, 0.05) is 22.6 Å². The zero-order valence-corrected chi connectivity index (χ0v) is 26.6. The Hall–Kier alpha value is -5.08. The fourth-order valence-electron chi connectivity index (χ4n) is 6.01. The van der Waals surface area contributed by atoms with Crippen molar-refractivity contribution in [3.63, 3.8) is 0 Å². The molecule has 6 aromatic rings. The molecule has 0 aromatic heterocycles. The van der Waals surface area contributed by atoms with E-state index < -0.39 is 0 Å². The van der Waals surface area contributed by atoms with Crippen LogP contribution in [0.25, 0.3) is 33.4 Å². The monoisotopic (exact) mass is 572 g/mol. The molecule has 0 atom stereocenters. The molecule has 0 fully saturated rings. The third-order valence-corrected chi connectivity index (χ3v) is 8.63. The lowest BCUT2D eigenvalue weighted by Gasteiger charge is -2.32. The van der Waals surface area contributed by atoms with Gasteiger partial charge in [-0.2, -0.15) is 0 Å². The molecule has 0 aliphatic carbocycles. The van der Waals surface area contributed by atoms with Crippen LogP contribution >= 0.6 is 0 Å². The van der Waals surface area contributed by atoms with Crippen molar-refractivity contribution in [2.45, 2.75) is 41.5 Å². The van der Waals surface area contributed by atoms with Gasteiger partial charge in [0.05, 0.1) is 5.69 Å². The number of hydrogen-bond donors (Lipinski definition) is 1. The minimum absolute atomic E-state index is 0.808. The molecule has 6 aromatic carbocycles. The van der Waals surface area contributed by atoms with E-state index in [1.165, 1.54) is 61.3 Å². The van der Waals surface area contributed by atoms with Gasteiger partial charge in [-0.25, -0.2) is 0 Å². The molecule has 2 N–H and O–H groups in total. The molecule has 6 rings (SSSR count). The number of aryl methyl sites for hydroxylation is 5. The normalized spacial score (nSPS) is 11.0. The van der Waals surface area contributed by atoms with Crippen LogP contribution in [0.4, 0.5) is 22.7 Å². The summed E-state index contributed by atoms with van der Waals surface area (Å²) >= 11 is 0. The van der Waals surface area contributed by atoms with Gasteiger partial charge in [-0.15, -0.1) is 0 Å². The zero-order valence-electron chi connectivity index (χ0n) is 26.6. The molecular formula is C42H40N2. The van der Waals surface area contributed by atoms with Crippen molar-refractivity contribution >= 4 is 22.7 Å². The van der Waals surface area contributed by atoms with Crippen LogP contribution in [0.1, 0.15) is 33.4 Å². The number of rotatable bonds is 6. The van der Waals surface area contributed by atoms with E-state index in [1.54, 1.807) is 0 Å². The Bertz CT molecular complexity index is 1880. The summed E-state index contributed by atoms with van der Waals surface area (Å²) in [6, 6.07) is 44.4. The molecule has 0 spiro atoms. The molecule has 0 radical (unpaired) electrons. The van der Waals surface area contributed by atoms with Crippen LogP contribution in [0.2, 0.25) is 0 Å². The third-order valence-electron chi connectivity index (χ3n) is 8.63. The standard InChI is InChI=1S/C42H40N2/c1-27-7-15-33(16-8-27)39-26-38(35-19-24-40(43)31(5)25-35)41(34-17-9-28(2)10-18-34)32(6)42(39)44(36-20-11-29(3)12-21-36)37-22-13-30(4)14-23-37/h7-26H,43H2,1-6H3. The fraction of sp³-hybridized carbons (Fsp3) is 0.143. The van der Waals surface area contributed by atoms with Crippen molar-refractivity contribution in [3.05, 3.63) is 155 Å². The molecular weight excluding hydrogens is 532 g/mol. The highest BCUT2D eigenvalue weighted by Crippen LogP contribution is 2.49. The molecule has 2 nitrogen and oxygen atoms in total. The van der Waals surface area contributed by atoms with E-state index in [0.717, 1.165) is 28.2 Å². The van der Waals surface area contributed by atoms with Gasteiger partial charge in [-0.05, 0) is 123 Å². The summed E-state index contributed by atoms with van der Waals surface area (Å²) in [6.45, 7) is 12.9. The first-order valence-corrected chi connectivity index (χ1v) is 15.3. The highest BCUT2D eigenvalue weighted by atomic mass is 15.1. The van der Waals surface area contributed by atoms with Crippen molar-refractivity contribution in [3.8, 4) is 33.4 Å². The van der Waals surface area contributed by atoms with Crippen LogP contribution in [0.5, 0.6) is 0 Å².